The Balaban J connectivity index is 1.99. The number of hydrogen-bond acceptors (Lipinski definition) is 1. The average molecular weight is 212 g/mol. The van der Waals surface area contributed by atoms with E-state index in [0.717, 1.165) is 13.0 Å². The lowest BCUT2D eigenvalue weighted by Gasteiger charge is -2.10. The molecule has 0 spiro atoms. The minimum Gasteiger partial charge on any atom is -0.373 e. The van der Waals surface area contributed by atoms with Gasteiger partial charge in [0.05, 0.1) is 12.7 Å². The molecule has 82 valence electrons. The first-order valence-corrected chi connectivity index (χ1v) is 5.93. The van der Waals surface area contributed by atoms with Gasteiger partial charge in [-0.3, -0.25) is 0 Å². The zero-order valence-electron chi connectivity index (χ0n) is 9.52. The van der Waals surface area contributed by atoms with E-state index in [4.69, 9.17) is 4.74 Å². The molecule has 2 aromatic rings. The lowest BCUT2D eigenvalue weighted by Crippen LogP contribution is -1.95. The minimum atomic E-state index is 0.305. The van der Waals surface area contributed by atoms with Crippen molar-refractivity contribution >= 4 is 10.8 Å². The third kappa shape index (κ3) is 1.72. The molecule has 0 radical (unpaired) electrons. The van der Waals surface area contributed by atoms with Crippen molar-refractivity contribution < 1.29 is 4.74 Å². The van der Waals surface area contributed by atoms with Crippen LogP contribution in [0.2, 0.25) is 0 Å². The monoisotopic (exact) mass is 212 g/mol. The van der Waals surface area contributed by atoms with E-state index < -0.39 is 0 Å². The fraction of sp³-hybridized carbons (Fsp3) is 0.333. The smallest absolute Gasteiger partial charge is 0.0828 e. The Morgan fingerprint density at radius 1 is 1.06 bits per heavy atom. The van der Waals surface area contributed by atoms with Crippen molar-refractivity contribution in [1.29, 1.82) is 0 Å². The maximum absolute atomic E-state index is 5.80. The van der Waals surface area contributed by atoms with Gasteiger partial charge in [0.2, 0.25) is 0 Å². The van der Waals surface area contributed by atoms with Crippen LogP contribution < -0.4 is 0 Å². The van der Waals surface area contributed by atoms with Crippen LogP contribution in [0.3, 0.4) is 0 Å². The highest BCUT2D eigenvalue weighted by Crippen LogP contribution is 2.33. The summed E-state index contributed by atoms with van der Waals surface area (Å²) in [6.07, 6.45) is 1.46. The van der Waals surface area contributed by atoms with Crippen LogP contribution in [0.5, 0.6) is 0 Å². The summed E-state index contributed by atoms with van der Waals surface area (Å²) in [5.74, 6) is 0.691. The van der Waals surface area contributed by atoms with Gasteiger partial charge in [-0.1, -0.05) is 43.3 Å². The summed E-state index contributed by atoms with van der Waals surface area (Å²) < 4.78 is 5.80. The van der Waals surface area contributed by atoms with Crippen molar-refractivity contribution in [2.75, 3.05) is 6.61 Å². The van der Waals surface area contributed by atoms with Crippen LogP contribution in [0.1, 0.15) is 25.0 Å². The highest BCUT2D eigenvalue weighted by atomic mass is 16.5. The van der Waals surface area contributed by atoms with Crippen molar-refractivity contribution in [3.05, 3.63) is 48.0 Å². The minimum absolute atomic E-state index is 0.305. The van der Waals surface area contributed by atoms with Crippen molar-refractivity contribution in [3.63, 3.8) is 0 Å². The fourth-order valence-electron chi connectivity index (χ4n) is 2.42. The third-order valence-corrected chi connectivity index (χ3v) is 3.34. The summed E-state index contributed by atoms with van der Waals surface area (Å²) in [6.45, 7) is 3.15. The molecule has 1 nitrogen and oxygen atoms in total. The van der Waals surface area contributed by atoms with Gasteiger partial charge in [-0.25, -0.2) is 0 Å². The molecule has 0 N–H and O–H groups in total. The van der Waals surface area contributed by atoms with Gasteiger partial charge in [-0.15, -0.1) is 0 Å². The molecule has 1 aliphatic heterocycles. The average Bonchev–Trinajstić information content (AvgIpc) is 2.75. The summed E-state index contributed by atoms with van der Waals surface area (Å²) >= 11 is 0. The maximum atomic E-state index is 5.80. The molecule has 0 amide bonds. The molecule has 1 heterocycles. The Morgan fingerprint density at radius 2 is 1.88 bits per heavy atom. The molecule has 1 saturated heterocycles. The molecule has 0 aromatic heterocycles. The molecule has 0 bridgehead atoms. The predicted molar refractivity (Wildman–Crippen MR) is 66.4 cm³/mol. The van der Waals surface area contributed by atoms with Gasteiger partial charge in [0.15, 0.2) is 0 Å². The summed E-state index contributed by atoms with van der Waals surface area (Å²) in [7, 11) is 0. The first kappa shape index (κ1) is 9.86. The van der Waals surface area contributed by atoms with Crippen molar-refractivity contribution in [2.45, 2.75) is 19.4 Å². The van der Waals surface area contributed by atoms with Crippen LogP contribution in [0.4, 0.5) is 0 Å². The molecular weight excluding hydrogens is 196 g/mol. The lowest BCUT2D eigenvalue weighted by molar-refractivity contribution is 0.108. The largest absolute Gasteiger partial charge is 0.373 e. The SMILES string of the molecule is C[C@H]1CO[C@@H](c2ccc3ccccc3c2)C1. The van der Waals surface area contributed by atoms with E-state index in [9.17, 15) is 0 Å². The number of fused-ring (bicyclic) bond motifs is 1. The van der Waals surface area contributed by atoms with E-state index in [0.29, 0.717) is 12.0 Å². The van der Waals surface area contributed by atoms with Gasteiger partial charge in [-0.05, 0) is 34.7 Å². The molecule has 1 fully saturated rings. The number of benzene rings is 2. The number of ether oxygens (including phenoxy) is 1. The molecule has 0 unspecified atom stereocenters. The second-order valence-electron chi connectivity index (χ2n) is 4.77. The van der Waals surface area contributed by atoms with Crippen molar-refractivity contribution in [3.8, 4) is 0 Å². The summed E-state index contributed by atoms with van der Waals surface area (Å²) in [5, 5.41) is 2.61. The zero-order chi connectivity index (χ0) is 11.0. The molecule has 2 atom stereocenters. The van der Waals surface area contributed by atoms with E-state index >= 15 is 0 Å². The topological polar surface area (TPSA) is 9.23 Å². The number of rotatable bonds is 1. The van der Waals surface area contributed by atoms with E-state index in [-0.39, 0.29) is 0 Å². The van der Waals surface area contributed by atoms with Gasteiger partial charge < -0.3 is 4.74 Å². The van der Waals surface area contributed by atoms with E-state index in [1.165, 1.54) is 16.3 Å². The van der Waals surface area contributed by atoms with Crippen LogP contribution in [-0.2, 0) is 4.74 Å². The van der Waals surface area contributed by atoms with Gasteiger partial charge >= 0.3 is 0 Å². The molecular formula is C15H16O. The summed E-state index contributed by atoms with van der Waals surface area (Å²) in [5.41, 5.74) is 1.32. The highest BCUT2D eigenvalue weighted by Gasteiger charge is 2.23. The highest BCUT2D eigenvalue weighted by molar-refractivity contribution is 5.83. The molecule has 1 heteroatoms. The Bertz CT molecular complexity index is 504. The van der Waals surface area contributed by atoms with Gasteiger partial charge in [-0.2, -0.15) is 0 Å². The van der Waals surface area contributed by atoms with Crippen LogP contribution in [0, 0.1) is 5.92 Å². The van der Waals surface area contributed by atoms with Crippen LogP contribution in [-0.4, -0.2) is 6.61 Å². The normalized spacial score (nSPS) is 25.1. The second-order valence-corrected chi connectivity index (χ2v) is 4.77. The summed E-state index contributed by atoms with van der Waals surface area (Å²) in [4.78, 5) is 0. The Kier molecular flexibility index (Phi) is 2.41. The lowest BCUT2D eigenvalue weighted by atomic mass is 9.99. The van der Waals surface area contributed by atoms with Gasteiger partial charge in [0.1, 0.15) is 0 Å². The van der Waals surface area contributed by atoms with Gasteiger partial charge in [0, 0.05) is 0 Å². The van der Waals surface area contributed by atoms with E-state index in [1.807, 2.05) is 0 Å². The third-order valence-electron chi connectivity index (χ3n) is 3.34. The van der Waals surface area contributed by atoms with Crippen molar-refractivity contribution in [2.24, 2.45) is 5.92 Å². The first-order valence-electron chi connectivity index (χ1n) is 5.93. The van der Waals surface area contributed by atoms with Crippen LogP contribution >= 0.6 is 0 Å². The van der Waals surface area contributed by atoms with Crippen LogP contribution in [0.25, 0.3) is 10.8 Å². The molecule has 0 aliphatic carbocycles. The number of hydrogen-bond donors (Lipinski definition) is 0. The summed E-state index contributed by atoms with van der Waals surface area (Å²) in [6, 6.07) is 15.1. The molecule has 0 saturated carbocycles. The maximum Gasteiger partial charge on any atom is 0.0828 e. The molecule has 16 heavy (non-hydrogen) atoms. The van der Waals surface area contributed by atoms with E-state index in [2.05, 4.69) is 49.4 Å². The van der Waals surface area contributed by atoms with Gasteiger partial charge in [0.25, 0.3) is 0 Å². The second kappa shape index (κ2) is 3.91. The van der Waals surface area contributed by atoms with E-state index in [1.54, 1.807) is 0 Å². The zero-order valence-corrected chi connectivity index (χ0v) is 9.52. The quantitative estimate of drug-likeness (QED) is 0.695. The Hall–Kier alpha value is -1.34. The molecule has 1 aliphatic rings. The molecule has 3 rings (SSSR count). The Morgan fingerprint density at radius 3 is 2.62 bits per heavy atom. The Labute approximate surface area is 96.0 Å². The standard InChI is InChI=1S/C15H16O/c1-11-8-15(16-10-11)14-7-6-12-4-2-3-5-13(12)9-14/h2-7,9,11,15H,8,10H2,1H3/t11-,15-/m1/s1. The fourth-order valence-corrected chi connectivity index (χ4v) is 2.42. The van der Waals surface area contributed by atoms with Crippen LogP contribution in [0.15, 0.2) is 42.5 Å². The van der Waals surface area contributed by atoms with Crippen molar-refractivity contribution in [1.82, 2.24) is 0 Å². The molecule has 2 aromatic carbocycles. The first-order chi connectivity index (χ1) is 7.83. The predicted octanol–water partition coefficient (Wildman–Crippen LogP) is 3.94.